The van der Waals surface area contributed by atoms with Crippen LogP contribution in [0.1, 0.15) is 34.3 Å². The maximum absolute atomic E-state index is 13.7. The number of para-hydroxylation sites is 1. The lowest BCUT2D eigenvalue weighted by Crippen LogP contribution is -2.51. The highest BCUT2D eigenvalue weighted by molar-refractivity contribution is 5.95. The summed E-state index contributed by atoms with van der Waals surface area (Å²) in [6.45, 7) is 1.44. The Morgan fingerprint density at radius 2 is 1.68 bits per heavy atom. The summed E-state index contributed by atoms with van der Waals surface area (Å²) in [5.41, 5.74) is 3.99. The van der Waals surface area contributed by atoms with Crippen molar-refractivity contribution in [2.75, 3.05) is 20.8 Å². The molecule has 1 aromatic heterocycles. The van der Waals surface area contributed by atoms with Crippen molar-refractivity contribution in [3.8, 4) is 11.5 Å². The Hall–Kier alpha value is -3.90. The summed E-state index contributed by atoms with van der Waals surface area (Å²) in [6.07, 6.45) is 4.52. The van der Waals surface area contributed by atoms with E-state index in [1.807, 2.05) is 35.4 Å². The number of carbonyl (C=O) groups excluding carboxylic acids is 1. The second-order valence-electron chi connectivity index (χ2n) is 9.58. The van der Waals surface area contributed by atoms with Gasteiger partial charge in [-0.3, -0.25) is 9.78 Å². The molecule has 37 heavy (non-hydrogen) atoms. The number of methoxy groups -OCH3 is 2. The van der Waals surface area contributed by atoms with Gasteiger partial charge < -0.3 is 19.7 Å². The summed E-state index contributed by atoms with van der Waals surface area (Å²) in [7, 11) is 3.20. The van der Waals surface area contributed by atoms with Gasteiger partial charge in [0.2, 0.25) is 0 Å². The number of hydrogen-bond donors (Lipinski definition) is 1. The molecule has 0 aliphatic carbocycles. The highest BCUT2D eigenvalue weighted by Crippen LogP contribution is 2.28. The molecule has 6 heteroatoms. The van der Waals surface area contributed by atoms with Crippen LogP contribution in [0, 0.1) is 0 Å². The maximum atomic E-state index is 13.7. The van der Waals surface area contributed by atoms with Crippen molar-refractivity contribution in [2.24, 2.45) is 0 Å². The third-order valence-electron chi connectivity index (χ3n) is 7.13. The topological polar surface area (TPSA) is 63.7 Å². The van der Waals surface area contributed by atoms with Crippen LogP contribution in [-0.4, -0.2) is 48.6 Å². The molecule has 0 spiro atoms. The minimum atomic E-state index is 0.00955. The highest BCUT2D eigenvalue weighted by Gasteiger charge is 2.32. The van der Waals surface area contributed by atoms with E-state index in [1.54, 1.807) is 32.4 Å². The van der Waals surface area contributed by atoms with Gasteiger partial charge in [-0.15, -0.1) is 0 Å². The van der Waals surface area contributed by atoms with Crippen LogP contribution in [-0.2, 0) is 13.0 Å². The molecular formula is C31H33N3O3. The minimum Gasteiger partial charge on any atom is -0.497 e. The van der Waals surface area contributed by atoms with Crippen molar-refractivity contribution < 1.29 is 14.3 Å². The van der Waals surface area contributed by atoms with E-state index in [1.165, 1.54) is 11.1 Å². The molecule has 0 unspecified atom stereocenters. The Morgan fingerprint density at radius 1 is 0.946 bits per heavy atom. The number of nitrogens with one attached hydrogen (secondary N) is 1. The van der Waals surface area contributed by atoms with E-state index in [2.05, 4.69) is 46.7 Å². The molecule has 0 radical (unpaired) electrons. The van der Waals surface area contributed by atoms with E-state index in [0.717, 1.165) is 36.7 Å². The van der Waals surface area contributed by atoms with Crippen molar-refractivity contribution in [3.63, 3.8) is 0 Å². The minimum absolute atomic E-state index is 0.00955. The lowest BCUT2D eigenvalue weighted by atomic mass is 9.91. The monoisotopic (exact) mass is 495 g/mol. The van der Waals surface area contributed by atoms with Crippen LogP contribution in [0.25, 0.3) is 10.9 Å². The van der Waals surface area contributed by atoms with Crippen LogP contribution in [0.4, 0.5) is 0 Å². The number of carbonyl (C=O) groups is 1. The van der Waals surface area contributed by atoms with Gasteiger partial charge in [-0.2, -0.15) is 0 Å². The van der Waals surface area contributed by atoms with Crippen LogP contribution in [0.3, 0.4) is 0 Å². The van der Waals surface area contributed by atoms with Gasteiger partial charge in [0.1, 0.15) is 11.5 Å². The average Bonchev–Trinajstić information content (AvgIpc) is 2.96. The van der Waals surface area contributed by atoms with Crippen molar-refractivity contribution in [2.45, 2.75) is 37.9 Å². The predicted octanol–water partition coefficient (Wildman–Crippen LogP) is 5.26. The van der Waals surface area contributed by atoms with E-state index < -0.39 is 0 Å². The zero-order valence-electron chi connectivity index (χ0n) is 21.4. The zero-order chi connectivity index (χ0) is 25.6. The number of amides is 1. The number of likely N-dealkylation sites (tertiary alicyclic amines) is 1. The summed E-state index contributed by atoms with van der Waals surface area (Å²) in [4.78, 5) is 20.4. The molecule has 1 saturated heterocycles. The second-order valence-corrected chi connectivity index (χ2v) is 9.58. The number of nitrogens with zero attached hydrogens (tertiary/aromatic N) is 2. The molecule has 2 heterocycles. The van der Waals surface area contributed by atoms with Crippen molar-refractivity contribution in [3.05, 3.63) is 102 Å². The molecule has 1 aliphatic heterocycles. The Bertz CT molecular complexity index is 1340. The van der Waals surface area contributed by atoms with Crippen molar-refractivity contribution in [1.29, 1.82) is 0 Å². The number of piperidine rings is 1. The molecule has 1 fully saturated rings. The van der Waals surface area contributed by atoms with Crippen molar-refractivity contribution in [1.82, 2.24) is 15.2 Å². The third kappa shape index (κ3) is 5.92. The first-order valence-electron chi connectivity index (χ1n) is 12.8. The molecule has 1 aliphatic rings. The maximum Gasteiger partial charge on any atom is 0.254 e. The lowest BCUT2D eigenvalue weighted by molar-refractivity contribution is 0.0575. The Balaban J connectivity index is 1.33. The molecule has 0 saturated carbocycles. The van der Waals surface area contributed by atoms with Gasteiger partial charge >= 0.3 is 0 Å². The first-order chi connectivity index (χ1) is 18.1. The standard InChI is InChI=1S/C31H33N3O3/c1-36-28-16-25(17-29(19-28)37-2)31(35)34-13-12-26(18-27(34)15-22-8-4-3-5-9-22)32-20-23-14-24-10-6-7-11-30(24)33-21-23/h3-11,14,16-17,19,21,26-27,32H,12-13,15,18,20H2,1-2H3/t26-,27-/m0/s1. The smallest absolute Gasteiger partial charge is 0.254 e. The van der Waals surface area contributed by atoms with Gasteiger partial charge in [-0.1, -0.05) is 48.5 Å². The van der Waals surface area contributed by atoms with Crippen LogP contribution >= 0.6 is 0 Å². The largest absolute Gasteiger partial charge is 0.497 e. The Labute approximate surface area is 218 Å². The summed E-state index contributed by atoms with van der Waals surface area (Å²) < 4.78 is 10.8. The predicted molar refractivity (Wildman–Crippen MR) is 146 cm³/mol. The summed E-state index contributed by atoms with van der Waals surface area (Å²) in [5.74, 6) is 1.24. The number of pyridine rings is 1. The molecule has 4 aromatic rings. The van der Waals surface area contributed by atoms with Gasteiger partial charge in [0, 0.05) is 48.4 Å². The molecule has 1 N–H and O–H groups in total. The van der Waals surface area contributed by atoms with Gasteiger partial charge in [0.15, 0.2) is 0 Å². The molecule has 6 nitrogen and oxygen atoms in total. The van der Waals surface area contributed by atoms with Crippen LogP contribution in [0.15, 0.2) is 85.1 Å². The number of ether oxygens (including phenoxy) is 2. The number of benzene rings is 3. The zero-order valence-corrected chi connectivity index (χ0v) is 21.4. The van der Waals surface area contributed by atoms with Gasteiger partial charge in [-0.25, -0.2) is 0 Å². The normalized spacial score (nSPS) is 17.5. The second kappa shape index (κ2) is 11.4. The summed E-state index contributed by atoms with van der Waals surface area (Å²) in [5, 5.41) is 4.89. The SMILES string of the molecule is COc1cc(OC)cc(C(=O)N2CC[C@H](NCc3cnc4ccccc4c3)C[C@@H]2Cc2ccccc2)c1. The van der Waals surface area contributed by atoms with Crippen LogP contribution in [0.2, 0.25) is 0 Å². The van der Waals surface area contributed by atoms with Gasteiger partial charge in [0.05, 0.1) is 19.7 Å². The average molecular weight is 496 g/mol. The van der Waals surface area contributed by atoms with Gasteiger partial charge in [-0.05, 0) is 54.7 Å². The number of hydrogen-bond acceptors (Lipinski definition) is 5. The molecule has 2 atom stereocenters. The number of fused-ring (bicyclic) bond motifs is 1. The fourth-order valence-electron chi connectivity index (χ4n) is 5.16. The van der Waals surface area contributed by atoms with E-state index >= 15 is 0 Å². The first-order valence-corrected chi connectivity index (χ1v) is 12.8. The van der Waals surface area contributed by atoms with E-state index in [-0.39, 0.29) is 11.9 Å². The van der Waals surface area contributed by atoms with Crippen molar-refractivity contribution >= 4 is 16.8 Å². The van der Waals surface area contributed by atoms with Crippen LogP contribution in [0.5, 0.6) is 11.5 Å². The Morgan fingerprint density at radius 3 is 2.43 bits per heavy atom. The molecular weight excluding hydrogens is 462 g/mol. The molecule has 0 bridgehead atoms. The summed E-state index contributed by atoms with van der Waals surface area (Å²) in [6, 6.07) is 26.5. The fraction of sp³-hybridized carbons (Fsp3) is 0.290. The van der Waals surface area contributed by atoms with Crippen LogP contribution < -0.4 is 14.8 Å². The quantitative estimate of drug-likeness (QED) is 0.361. The number of aromatic nitrogens is 1. The van der Waals surface area contributed by atoms with E-state index in [0.29, 0.717) is 29.6 Å². The van der Waals surface area contributed by atoms with E-state index in [9.17, 15) is 4.79 Å². The van der Waals surface area contributed by atoms with E-state index in [4.69, 9.17) is 9.47 Å². The molecule has 3 aromatic carbocycles. The van der Waals surface area contributed by atoms with Gasteiger partial charge in [0.25, 0.3) is 5.91 Å². The lowest BCUT2D eigenvalue weighted by Gasteiger charge is -2.40. The molecule has 1 amide bonds. The molecule has 5 rings (SSSR count). The molecule has 190 valence electrons. The Kier molecular flexibility index (Phi) is 7.66. The highest BCUT2D eigenvalue weighted by atomic mass is 16.5. The third-order valence-corrected chi connectivity index (χ3v) is 7.13. The first kappa shape index (κ1) is 24.8. The number of rotatable bonds is 8. The summed E-state index contributed by atoms with van der Waals surface area (Å²) >= 11 is 0. The fourth-order valence-corrected chi connectivity index (χ4v) is 5.16.